The minimum absolute atomic E-state index is 0.0287. The Kier molecular flexibility index (Phi) is 4.81. The maximum absolute atomic E-state index is 12.8. The lowest BCUT2D eigenvalue weighted by Crippen LogP contribution is -2.49. The molecule has 1 aliphatic heterocycles. The SMILES string of the molecule is O=C(c1cc2cccc(Cl)c2oc1=O)N1CCN(c2cccc(Cl)c2)CC1. The monoisotopic (exact) mass is 402 g/mol. The smallest absolute Gasteiger partial charge is 0.349 e. The predicted octanol–water partition coefficient (Wildman–Crippen LogP) is 4.06. The average molecular weight is 403 g/mol. The van der Waals surface area contributed by atoms with Crippen molar-refractivity contribution in [2.75, 3.05) is 31.1 Å². The van der Waals surface area contributed by atoms with Gasteiger partial charge >= 0.3 is 5.63 Å². The number of benzene rings is 2. The Morgan fingerprint density at radius 3 is 2.44 bits per heavy atom. The summed E-state index contributed by atoms with van der Waals surface area (Å²) in [5, 5.41) is 1.65. The number of amides is 1. The van der Waals surface area contributed by atoms with Gasteiger partial charge in [0.2, 0.25) is 0 Å². The molecule has 0 N–H and O–H groups in total. The summed E-state index contributed by atoms with van der Waals surface area (Å²) in [6, 6.07) is 14.3. The van der Waals surface area contributed by atoms with Gasteiger partial charge in [0.25, 0.3) is 5.91 Å². The molecular weight excluding hydrogens is 387 g/mol. The molecule has 2 heterocycles. The Bertz CT molecular complexity index is 1070. The molecule has 27 heavy (non-hydrogen) atoms. The number of rotatable bonds is 2. The van der Waals surface area contributed by atoms with Crippen molar-refractivity contribution in [2.24, 2.45) is 0 Å². The van der Waals surface area contributed by atoms with Crippen LogP contribution in [0.5, 0.6) is 0 Å². The zero-order valence-corrected chi connectivity index (χ0v) is 15.8. The number of fused-ring (bicyclic) bond motifs is 1. The first kappa shape index (κ1) is 17.9. The molecule has 2 aromatic carbocycles. The zero-order valence-electron chi connectivity index (χ0n) is 14.3. The van der Waals surface area contributed by atoms with E-state index in [1.807, 2.05) is 24.3 Å². The van der Waals surface area contributed by atoms with Crippen molar-refractivity contribution >= 4 is 45.8 Å². The summed E-state index contributed by atoms with van der Waals surface area (Å²) in [6.45, 7) is 2.35. The fourth-order valence-corrected chi connectivity index (χ4v) is 3.67. The number of carbonyl (C=O) groups is 1. The van der Waals surface area contributed by atoms with Gasteiger partial charge in [-0.3, -0.25) is 4.79 Å². The third kappa shape index (κ3) is 3.53. The van der Waals surface area contributed by atoms with Crippen LogP contribution >= 0.6 is 23.2 Å². The molecule has 0 radical (unpaired) electrons. The number of halogens is 2. The van der Waals surface area contributed by atoms with Crippen molar-refractivity contribution in [2.45, 2.75) is 0 Å². The second-order valence-electron chi connectivity index (χ2n) is 6.36. The summed E-state index contributed by atoms with van der Waals surface area (Å²) < 4.78 is 5.28. The van der Waals surface area contributed by atoms with Gasteiger partial charge in [0.05, 0.1) is 5.02 Å². The normalized spacial score (nSPS) is 14.6. The third-order valence-electron chi connectivity index (χ3n) is 4.68. The van der Waals surface area contributed by atoms with E-state index in [0.717, 1.165) is 5.69 Å². The molecule has 4 rings (SSSR count). The maximum atomic E-state index is 12.8. The number of hydrogen-bond acceptors (Lipinski definition) is 4. The molecule has 0 aliphatic carbocycles. The van der Waals surface area contributed by atoms with Crippen molar-refractivity contribution in [3.63, 3.8) is 0 Å². The van der Waals surface area contributed by atoms with Crippen LogP contribution in [0, 0.1) is 0 Å². The van der Waals surface area contributed by atoms with Gasteiger partial charge in [-0.1, -0.05) is 41.4 Å². The van der Waals surface area contributed by atoms with E-state index < -0.39 is 5.63 Å². The van der Waals surface area contributed by atoms with Crippen molar-refractivity contribution in [1.82, 2.24) is 4.90 Å². The van der Waals surface area contributed by atoms with E-state index in [4.69, 9.17) is 27.6 Å². The van der Waals surface area contributed by atoms with Crippen LogP contribution in [0.15, 0.2) is 57.7 Å². The molecule has 1 amide bonds. The second kappa shape index (κ2) is 7.25. The second-order valence-corrected chi connectivity index (χ2v) is 7.21. The van der Waals surface area contributed by atoms with Crippen LogP contribution in [-0.2, 0) is 0 Å². The van der Waals surface area contributed by atoms with Crippen molar-refractivity contribution in [3.05, 3.63) is 74.6 Å². The molecule has 0 saturated carbocycles. The Morgan fingerprint density at radius 1 is 0.963 bits per heavy atom. The number of para-hydroxylation sites is 1. The fourth-order valence-electron chi connectivity index (χ4n) is 3.27. The van der Waals surface area contributed by atoms with E-state index in [0.29, 0.717) is 47.2 Å². The quantitative estimate of drug-likeness (QED) is 0.606. The molecule has 5 nitrogen and oxygen atoms in total. The highest BCUT2D eigenvalue weighted by molar-refractivity contribution is 6.34. The number of anilines is 1. The van der Waals surface area contributed by atoms with Crippen LogP contribution in [0.4, 0.5) is 5.69 Å². The van der Waals surface area contributed by atoms with E-state index in [2.05, 4.69) is 4.90 Å². The molecule has 3 aromatic rings. The van der Waals surface area contributed by atoms with Crippen LogP contribution in [0.3, 0.4) is 0 Å². The van der Waals surface area contributed by atoms with Gasteiger partial charge in [-0.2, -0.15) is 0 Å². The van der Waals surface area contributed by atoms with Crippen LogP contribution in [0.1, 0.15) is 10.4 Å². The van der Waals surface area contributed by atoms with Gasteiger partial charge in [-0.15, -0.1) is 0 Å². The Balaban J connectivity index is 1.54. The molecule has 0 unspecified atom stereocenters. The van der Waals surface area contributed by atoms with E-state index >= 15 is 0 Å². The largest absolute Gasteiger partial charge is 0.421 e. The molecule has 7 heteroatoms. The summed E-state index contributed by atoms with van der Waals surface area (Å²) in [6.07, 6.45) is 0. The highest BCUT2D eigenvalue weighted by Gasteiger charge is 2.25. The highest BCUT2D eigenvalue weighted by atomic mass is 35.5. The molecule has 0 bridgehead atoms. The van der Waals surface area contributed by atoms with E-state index in [1.54, 1.807) is 29.2 Å². The van der Waals surface area contributed by atoms with E-state index in [1.165, 1.54) is 0 Å². The fraction of sp³-hybridized carbons (Fsp3) is 0.200. The van der Waals surface area contributed by atoms with Crippen LogP contribution in [0.2, 0.25) is 10.0 Å². The highest BCUT2D eigenvalue weighted by Crippen LogP contribution is 2.24. The molecule has 0 atom stereocenters. The molecule has 138 valence electrons. The summed E-state index contributed by atoms with van der Waals surface area (Å²) >= 11 is 12.1. The third-order valence-corrected chi connectivity index (χ3v) is 5.22. The summed E-state index contributed by atoms with van der Waals surface area (Å²) in [7, 11) is 0. The average Bonchev–Trinajstić information content (AvgIpc) is 2.68. The van der Waals surface area contributed by atoms with Crippen LogP contribution < -0.4 is 10.5 Å². The minimum atomic E-state index is -0.669. The molecule has 1 aromatic heterocycles. The summed E-state index contributed by atoms with van der Waals surface area (Å²) in [5.41, 5.74) is 0.680. The van der Waals surface area contributed by atoms with Crippen molar-refractivity contribution < 1.29 is 9.21 Å². The Morgan fingerprint density at radius 2 is 1.70 bits per heavy atom. The van der Waals surface area contributed by atoms with Crippen LogP contribution in [-0.4, -0.2) is 37.0 Å². The predicted molar refractivity (Wildman–Crippen MR) is 107 cm³/mol. The topological polar surface area (TPSA) is 53.8 Å². The van der Waals surface area contributed by atoms with E-state index in [9.17, 15) is 9.59 Å². The zero-order chi connectivity index (χ0) is 19.0. The van der Waals surface area contributed by atoms with Gasteiger partial charge in [-0.05, 0) is 30.3 Å². The standard InChI is InChI=1S/C20H16Cl2N2O3/c21-14-4-2-5-15(12-14)23-7-9-24(10-8-23)19(25)16-11-13-3-1-6-17(22)18(13)27-20(16)26/h1-6,11-12H,7-10H2. The van der Waals surface area contributed by atoms with Gasteiger partial charge in [0.15, 0.2) is 5.58 Å². The van der Waals surface area contributed by atoms with Crippen molar-refractivity contribution in [1.29, 1.82) is 0 Å². The van der Waals surface area contributed by atoms with Gasteiger partial charge < -0.3 is 14.2 Å². The molecular formula is C20H16Cl2N2O3. The lowest BCUT2D eigenvalue weighted by atomic mass is 10.1. The maximum Gasteiger partial charge on any atom is 0.349 e. The Hall–Kier alpha value is -2.50. The first-order chi connectivity index (χ1) is 13.0. The lowest BCUT2D eigenvalue weighted by Gasteiger charge is -2.36. The summed E-state index contributed by atoms with van der Waals surface area (Å²) in [4.78, 5) is 29.0. The Labute approximate surface area is 165 Å². The minimum Gasteiger partial charge on any atom is -0.421 e. The number of nitrogens with zero attached hydrogens (tertiary/aromatic N) is 2. The van der Waals surface area contributed by atoms with Crippen LogP contribution in [0.25, 0.3) is 11.0 Å². The molecule has 1 fully saturated rings. The van der Waals surface area contributed by atoms with Gasteiger partial charge in [0, 0.05) is 42.3 Å². The number of hydrogen-bond donors (Lipinski definition) is 0. The van der Waals surface area contributed by atoms with E-state index in [-0.39, 0.29) is 11.5 Å². The van der Waals surface area contributed by atoms with Gasteiger partial charge in [0.1, 0.15) is 5.56 Å². The number of carbonyl (C=O) groups excluding carboxylic acids is 1. The summed E-state index contributed by atoms with van der Waals surface area (Å²) in [5.74, 6) is -0.323. The number of piperazine rings is 1. The first-order valence-corrected chi connectivity index (χ1v) is 9.31. The van der Waals surface area contributed by atoms with Gasteiger partial charge in [-0.25, -0.2) is 4.79 Å². The van der Waals surface area contributed by atoms with Crippen molar-refractivity contribution in [3.8, 4) is 0 Å². The first-order valence-electron chi connectivity index (χ1n) is 8.55. The lowest BCUT2D eigenvalue weighted by molar-refractivity contribution is 0.0742. The molecule has 1 aliphatic rings. The molecule has 0 spiro atoms. The molecule has 1 saturated heterocycles.